The molecular formula is C16H26ClN3OS. The molecule has 6 heteroatoms. The monoisotopic (exact) mass is 343 g/mol. The van der Waals surface area contributed by atoms with Crippen LogP contribution in [0, 0.1) is 5.92 Å². The average molecular weight is 344 g/mol. The number of halogens is 1. The Hall–Kier alpha value is -0.620. The lowest BCUT2D eigenvalue weighted by molar-refractivity contribution is -0.132. The minimum atomic E-state index is 0.193. The summed E-state index contributed by atoms with van der Waals surface area (Å²) in [5.74, 6) is 1.00. The third kappa shape index (κ3) is 5.54. The Bertz CT molecular complexity index is 472. The van der Waals surface area contributed by atoms with Crippen molar-refractivity contribution in [2.45, 2.75) is 25.8 Å². The number of carbonyl (C=O) groups excluding carboxylic acids is 1. The second-order valence-corrected chi connectivity index (χ2v) is 7.87. The molecule has 22 heavy (non-hydrogen) atoms. The fraction of sp³-hybridized carbons (Fsp3) is 0.688. The van der Waals surface area contributed by atoms with E-state index in [-0.39, 0.29) is 5.91 Å². The first kappa shape index (κ1) is 17.7. The fourth-order valence-electron chi connectivity index (χ4n) is 2.85. The van der Waals surface area contributed by atoms with E-state index in [0.717, 1.165) is 34.8 Å². The number of thiophene rings is 1. The van der Waals surface area contributed by atoms with Crippen molar-refractivity contribution in [1.29, 1.82) is 0 Å². The van der Waals surface area contributed by atoms with Crippen LogP contribution in [0.5, 0.6) is 0 Å². The molecule has 2 rings (SSSR count). The lowest BCUT2D eigenvalue weighted by Gasteiger charge is -2.32. The Balaban J connectivity index is 1.71. The number of rotatable bonds is 7. The molecule has 4 nitrogen and oxygen atoms in total. The van der Waals surface area contributed by atoms with Gasteiger partial charge in [0.25, 0.3) is 0 Å². The predicted molar refractivity (Wildman–Crippen MR) is 93.5 cm³/mol. The maximum Gasteiger partial charge on any atom is 0.236 e. The molecule has 1 aliphatic heterocycles. The van der Waals surface area contributed by atoms with Gasteiger partial charge < -0.3 is 10.2 Å². The molecule has 0 saturated carbocycles. The van der Waals surface area contributed by atoms with Gasteiger partial charge in [0.1, 0.15) is 0 Å². The summed E-state index contributed by atoms with van der Waals surface area (Å²) in [5.41, 5.74) is 0. The summed E-state index contributed by atoms with van der Waals surface area (Å²) >= 11 is 7.47. The number of carbonyl (C=O) groups is 1. The maximum absolute atomic E-state index is 12.3. The van der Waals surface area contributed by atoms with Crippen LogP contribution in [0.15, 0.2) is 12.1 Å². The van der Waals surface area contributed by atoms with Crippen LogP contribution < -0.4 is 5.32 Å². The summed E-state index contributed by atoms with van der Waals surface area (Å²) in [6.07, 6.45) is 3.66. The molecule has 2 heterocycles. The first-order valence-electron chi connectivity index (χ1n) is 7.93. The second kappa shape index (κ2) is 8.87. The van der Waals surface area contributed by atoms with Crippen LogP contribution in [-0.2, 0) is 11.3 Å². The van der Waals surface area contributed by atoms with Gasteiger partial charge in [-0.2, -0.15) is 0 Å². The highest BCUT2D eigenvalue weighted by atomic mass is 35.5. The van der Waals surface area contributed by atoms with Crippen molar-refractivity contribution in [3.63, 3.8) is 0 Å². The van der Waals surface area contributed by atoms with Crippen molar-refractivity contribution in [2.24, 2.45) is 5.92 Å². The first-order valence-corrected chi connectivity index (χ1v) is 9.13. The van der Waals surface area contributed by atoms with E-state index in [1.54, 1.807) is 4.90 Å². The van der Waals surface area contributed by atoms with Crippen LogP contribution in [0.1, 0.15) is 24.1 Å². The predicted octanol–water partition coefficient (Wildman–Crippen LogP) is 2.68. The number of nitrogens with one attached hydrogen (secondary N) is 1. The summed E-state index contributed by atoms with van der Waals surface area (Å²) in [6, 6.07) is 3.87. The molecule has 0 aromatic carbocycles. The molecular weight excluding hydrogens is 318 g/mol. The molecule has 0 bridgehead atoms. The maximum atomic E-state index is 12.3. The van der Waals surface area contributed by atoms with Gasteiger partial charge in [0.2, 0.25) is 5.91 Å². The van der Waals surface area contributed by atoms with Gasteiger partial charge >= 0.3 is 0 Å². The number of nitrogens with zero attached hydrogens (tertiary/aromatic N) is 2. The lowest BCUT2D eigenvalue weighted by Crippen LogP contribution is -2.42. The van der Waals surface area contributed by atoms with Crippen molar-refractivity contribution in [3.05, 3.63) is 21.3 Å². The van der Waals surface area contributed by atoms with Crippen molar-refractivity contribution in [3.8, 4) is 0 Å². The molecule has 1 amide bonds. The largest absolute Gasteiger partial charge is 0.340 e. The zero-order valence-electron chi connectivity index (χ0n) is 13.5. The van der Waals surface area contributed by atoms with Gasteiger partial charge in [0.05, 0.1) is 17.4 Å². The normalized spacial score (nSPS) is 16.9. The number of hydrogen-bond acceptors (Lipinski definition) is 4. The quantitative estimate of drug-likeness (QED) is 0.826. The summed E-state index contributed by atoms with van der Waals surface area (Å²) in [6.45, 7) is 4.36. The highest BCUT2D eigenvalue weighted by molar-refractivity contribution is 7.16. The number of amides is 1. The highest BCUT2D eigenvalue weighted by Gasteiger charge is 2.21. The van der Waals surface area contributed by atoms with Crippen molar-refractivity contribution >= 4 is 28.8 Å². The van der Waals surface area contributed by atoms with E-state index >= 15 is 0 Å². The van der Waals surface area contributed by atoms with Gasteiger partial charge in [0.15, 0.2) is 0 Å². The van der Waals surface area contributed by atoms with Crippen LogP contribution >= 0.6 is 22.9 Å². The van der Waals surface area contributed by atoms with Crippen molar-refractivity contribution in [2.75, 3.05) is 40.3 Å². The Kier molecular flexibility index (Phi) is 7.15. The lowest BCUT2D eigenvalue weighted by atomic mass is 9.93. The zero-order chi connectivity index (χ0) is 15.9. The molecule has 0 unspecified atom stereocenters. The summed E-state index contributed by atoms with van der Waals surface area (Å²) in [7, 11) is 3.88. The molecule has 1 fully saturated rings. The van der Waals surface area contributed by atoms with E-state index in [2.05, 4.69) is 10.2 Å². The van der Waals surface area contributed by atoms with Crippen molar-refractivity contribution < 1.29 is 4.79 Å². The van der Waals surface area contributed by atoms with Gasteiger partial charge in [-0.25, -0.2) is 0 Å². The Morgan fingerprint density at radius 2 is 2.18 bits per heavy atom. The van der Waals surface area contributed by atoms with E-state index in [1.165, 1.54) is 30.6 Å². The summed E-state index contributed by atoms with van der Waals surface area (Å²) in [4.78, 5) is 17.5. The highest BCUT2D eigenvalue weighted by Crippen LogP contribution is 2.23. The van der Waals surface area contributed by atoms with Crippen LogP contribution in [-0.4, -0.2) is 56.0 Å². The van der Waals surface area contributed by atoms with E-state index in [4.69, 9.17) is 11.6 Å². The van der Waals surface area contributed by atoms with E-state index in [9.17, 15) is 4.79 Å². The molecule has 0 atom stereocenters. The van der Waals surface area contributed by atoms with Gasteiger partial charge in [-0.15, -0.1) is 11.3 Å². The molecule has 0 spiro atoms. The Morgan fingerprint density at radius 1 is 1.45 bits per heavy atom. The topological polar surface area (TPSA) is 35.6 Å². The van der Waals surface area contributed by atoms with Gasteiger partial charge in [-0.1, -0.05) is 11.6 Å². The summed E-state index contributed by atoms with van der Waals surface area (Å²) in [5, 5.41) is 3.22. The third-order valence-corrected chi connectivity index (χ3v) is 5.53. The average Bonchev–Trinajstić information content (AvgIpc) is 2.91. The molecule has 0 aliphatic carbocycles. The van der Waals surface area contributed by atoms with Gasteiger partial charge in [-0.3, -0.25) is 9.69 Å². The van der Waals surface area contributed by atoms with Crippen LogP contribution in [0.4, 0.5) is 0 Å². The Morgan fingerprint density at radius 3 is 2.77 bits per heavy atom. The Labute approximate surface area is 142 Å². The molecule has 1 aliphatic rings. The first-order chi connectivity index (χ1) is 10.6. The zero-order valence-corrected chi connectivity index (χ0v) is 15.1. The van der Waals surface area contributed by atoms with Crippen LogP contribution in [0.2, 0.25) is 4.34 Å². The minimum absolute atomic E-state index is 0.193. The van der Waals surface area contributed by atoms with Crippen molar-refractivity contribution in [1.82, 2.24) is 15.1 Å². The number of likely N-dealkylation sites (tertiary alicyclic amines) is 1. The fourth-order valence-corrected chi connectivity index (χ4v) is 3.99. The molecule has 124 valence electrons. The van der Waals surface area contributed by atoms with E-state index < -0.39 is 0 Å². The second-order valence-electron chi connectivity index (χ2n) is 6.07. The molecule has 1 saturated heterocycles. The molecule has 1 aromatic rings. The molecule has 1 aromatic heterocycles. The molecule has 1 N–H and O–H groups in total. The number of likely N-dealkylation sites (N-methyl/N-ethyl adjacent to an activating group) is 1. The van der Waals surface area contributed by atoms with Crippen LogP contribution in [0.25, 0.3) is 0 Å². The van der Waals surface area contributed by atoms with E-state index in [0.29, 0.717) is 13.1 Å². The third-order valence-electron chi connectivity index (χ3n) is 4.32. The SMILES string of the molecule is CNCCC1CCN(CC(=O)N(C)Cc2ccc(Cl)s2)CC1. The number of hydrogen-bond donors (Lipinski definition) is 1. The van der Waals surface area contributed by atoms with Gasteiger partial charge in [0, 0.05) is 11.9 Å². The van der Waals surface area contributed by atoms with Gasteiger partial charge in [-0.05, 0) is 64.0 Å². The van der Waals surface area contributed by atoms with E-state index in [1.807, 2.05) is 26.2 Å². The molecule has 0 radical (unpaired) electrons. The minimum Gasteiger partial charge on any atom is -0.340 e. The summed E-state index contributed by atoms with van der Waals surface area (Å²) < 4.78 is 0.777. The smallest absolute Gasteiger partial charge is 0.236 e. The number of piperidine rings is 1. The standard InChI is InChI=1S/C16H26ClN3OS/c1-18-8-5-13-6-9-20(10-7-13)12-16(21)19(2)11-14-3-4-15(17)22-14/h3-4,13,18H,5-12H2,1-2H3. The van der Waals surface area contributed by atoms with Crippen LogP contribution in [0.3, 0.4) is 0 Å².